The quantitative estimate of drug-likeness (QED) is 0.534. The number of rotatable bonds is 8. The smallest absolute Gasteiger partial charge is 0.230 e. The minimum atomic E-state index is -0.355. The summed E-state index contributed by atoms with van der Waals surface area (Å²) in [6, 6.07) is 0. The van der Waals surface area contributed by atoms with E-state index in [2.05, 4.69) is 17.2 Å². The van der Waals surface area contributed by atoms with Gasteiger partial charge in [0.25, 0.3) is 0 Å². The summed E-state index contributed by atoms with van der Waals surface area (Å²) in [4.78, 5) is 33.2. The lowest BCUT2D eigenvalue weighted by atomic mass is 10.0. The molecule has 0 rings (SSSR count). The molecule has 0 aromatic heterocycles. The lowest BCUT2D eigenvalue weighted by molar-refractivity contribution is -0.128. The predicted molar refractivity (Wildman–Crippen MR) is 92.3 cm³/mol. The normalized spacial score (nSPS) is 12.6. The Balaban J connectivity index is 4.85. The van der Waals surface area contributed by atoms with E-state index in [4.69, 9.17) is 0 Å². The molecule has 2 N–H and O–H groups in total. The van der Waals surface area contributed by atoms with E-state index in [0.29, 0.717) is 6.42 Å². The highest BCUT2D eigenvalue weighted by Crippen LogP contribution is 2.16. The van der Waals surface area contributed by atoms with Gasteiger partial charge in [0.2, 0.25) is 17.7 Å². The molecule has 0 radical (unpaired) electrons. The first kappa shape index (κ1) is 20.6. The molecule has 0 aromatic carbocycles. The van der Waals surface area contributed by atoms with Crippen LogP contribution in [-0.2, 0) is 14.4 Å². The summed E-state index contributed by atoms with van der Waals surface area (Å²) >= 11 is 0. The number of nitrogens with one attached hydrogen (secondary N) is 2. The van der Waals surface area contributed by atoms with Gasteiger partial charge >= 0.3 is 0 Å². The Kier molecular flexibility index (Phi) is 10.00. The zero-order chi connectivity index (χ0) is 17.8. The molecule has 5 heteroatoms. The van der Waals surface area contributed by atoms with Crippen LogP contribution >= 0.6 is 0 Å². The molecule has 3 amide bonds. The summed E-state index contributed by atoms with van der Waals surface area (Å²) in [5.41, 5.74) is 2.81. The van der Waals surface area contributed by atoms with Crippen molar-refractivity contribution in [2.24, 2.45) is 0 Å². The van der Waals surface area contributed by atoms with Crippen LogP contribution in [0.25, 0.3) is 0 Å². The maximum absolute atomic E-state index is 11.5. The maximum Gasteiger partial charge on any atom is 0.230 e. The summed E-state index contributed by atoms with van der Waals surface area (Å²) < 4.78 is 0. The van der Waals surface area contributed by atoms with Gasteiger partial charge in [-0.05, 0) is 31.4 Å². The Morgan fingerprint density at radius 1 is 1.00 bits per heavy atom. The van der Waals surface area contributed by atoms with E-state index in [1.807, 2.05) is 25.2 Å². The van der Waals surface area contributed by atoms with Crippen molar-refractivity contribution >= 4 is 17.7 Å². The van der Waals surface area contributed by atoms with Crippen molar-refractivity contribution in [1.82, 2.24) is 10.6 Å². The minimum absolute atomic E-state index is 0.113. The maximum atomic E-state index is 11.5. The molecular formula is C18H26N2O3. The van der Waals surface area contributed by atoms with Crippen LogP contribution in [0.2, 0.25) is 0 Å². The van der Waals surface area contributed by atoms with Crippen molar-refractivity contribution in [1.29, 1.82) is 0 Å². The lowest BCUT2D eigenvalue weighted by Crippen LogP contribution is -2.27. The average Bonchev–Trinajstić information content (AvgIpc) is 2.45. The standard InChI is InChI=1S/C18H26N2O3/c1-6-16(9-8-13(3)19-14(4)21)12-17(7-2)10-11-18(23)20-15(5)22/h6,8-10H,1,7,11-12H2,2-5H3,(H,19,21)(H,20,22,23). The fourth-order valence-electron chi connectivity index (χ4n) is 1.84. The van der Waals surface area contributed by atoms with E-state index >= 15 is 0 Å². The SMILES string of the molecule is C=CC(=CC=C(C)NC(C)=O)CC(=CCC(=O)NC(C)=O)CC. The highest BCUT2D eigenvalue weighted by atomic mass is 16.2. The van der Waals surface area contributed by atoms with Crippen molar-refractivity contribution < 1.29 is 14.4 Å². The highest BCUT2D eigenvalue weighted by molar-refractivity contribution is 5.94. The number of hydrogen-bond acceptors (Lipinski definition) is 3. The molecule has 0 aliphatic rings. The second kappa shape index (κ2) is 11.2. The van der Waals surface area contributed by atoms with Gasteiger partial charge in [-0.2, -0.15) is 0 Å². The van der Waals surface area contributed by atoms with Crippen molar-refractivity contribution in [3.8, 4) is 0 Å². The molecule has 23 heavy (non-hydrogen) atoms. The van der Waals surface area contributed by atoms with Crippen LogP contribution in [0.3, 0.4) is 0 Å². The largest absolute Gasteiger partial charge is 0.330 e. The Labute approximate surface area is 138 Å². The third-order valence-electron chi connectivity index (χ3n) is 2.96. The highest BCUT2D eigenvalue weighted by Gasteiger charge is 2.03. The third kappa shape index (κ3) is 10.9. The van der Waals surface area contributed by atoms with Gasteiger partial charge in [-0.15, -0.1) is 0 Å². The van der Waals surface area contributed by atoms with Crippen molar-refractivity contribution in [2.45, 2.75) is 47.0 Å². The van der Waals surface area contributed by atoms with Crippen LogP contribution in [0, 0.1) is 0 Å². The van der Waals surface area contributed by atoms with E-state index in [9.17, 15) is 14.4 Å². The molecule has 0 atom stereocenters. The molecule has 0 unspecified atom stereocenters. The molecule has 0 saturated carbocycles. The molecular weight excluding hydrogens is 292 g/mol. The molecule has 0 aliphatic carbocycles. The van der Waals surface area contributed by atoms with Gasteiger partial charge in [0.15, 0.2) is 0 Å². The second-order valence-corrected chi connectivity index (χ2v) is 5.18. The molecule has 0 fully saturated rings. The molecule has 0 bridgehead atoms. The van der Waals surface area contributed by atoms with Crippen LogP contribution in [0.5, 0.6) is 0 Å². The van der Waals surface area contributed by atoms with Gasteiger partial charge in [0, 0.05) is 26.0 Å². The Morgan fingerprint density at radius 2 is 1.61 bits per heavy atom. The summed E-state index contributed by atoms with van der Waals surface area (Å²) in [6.07, 6.45) is 8.92. The van der Waals surface area contributed by atoms with Crippen molar-refractivity contribution in [3.05, 3.63) is 47.7 Å². The van der Waals surface area contributed by atoms with Gasteiger partial charge < -0.3 is 5.32 Å². The fraction of sp³-hybridized carbons (Fsp3) is 0.389. The first-order chi connectivity index (χ1) is 10.8. The number of hydrogen-bond donors (Lipinski definition) is 2. The zero-order valence-corrected chi connectivity index (χ0v) is 14.4. The number of carbonyl (C=O) groups excluding carboxylic acids is 3. The molecule has 0 saturated heterocycles. The average molecular weight is 318 g/mol. The topological polar surface area (TPSA) is 75.3 Å². The van der Waals surface area contributed by atoms with Crippen LogP contribution < -0.4 is 10.6 Å². The molecule has 0 aliphatic heterocycles. The first-order valence-electron chi connectivity index (χ1n) is 7.54. The van der Waals surface area contributed by atoms with Crippen LogP contribution in [0.1, 0.15) is 47.0 Å². The number of imide groups is 1. The molecule has 5 nitrogen and oxygen atoms in total. The third-order valence-corrected chi connectivity index (χ3v) is 2.96. The van der Waals surface area contributed by atoms with E-state index in [-0.39, 0.29) is 24.1 Å². The minimum Gasteiger partial charge on any atom is -0.330 e. The molecule has 0 aromatic rings. The predicted octanol–water partition coefficient (Wildman–Crippen LogP) is 2.92. The van der Waals surface area contributed by atoms with Crippen molar-refractivity contribution in [2.75, 3.05) is 0 Å². The van der Waals surface area contributed by atoms with Gasteiger partial charge in [-0.3, -0.25) is 19.7 Å². The number of carbonyl (C=O) groups is 3. The van der Waals surface area contributed by atoms with Crippen LogP contribution in [0.4, 0.5) is 0 Å². The van der Waals surface area contributed by atoms with Gasteiger partial charge in [-0.25, -0.2) is 0 Å². The molecule has 0 heterocycles. The second-order valence-electron chi connectivity index (χ2n) is 5.18. The monoisotopic (exact) mass is 318 g/mol. The Hall–Kier alpha value is -2.43. The van der Waals surface area contributed by atoms with E-state index in [0.717, 1.165) is 23.3 Å². The van der Waals surface area contributed by atoms with Crippen LogP contribution in [0.15, 0.2) is 47.7 Å². The summed E-state index contributed by atoms with van der Waals surface area (Å²) in [5.74, 6) is -0.779. The summed E-state index contributed by atoms with van der Waals surface area (Å²) in [5, 5.41) is 4.93. The van der Waals surface area contributed by atoms with E-state index < -0.39 is 0 Å². The van der Waals surface area contributed by atoms with Gasteiger partial charge in [0.1, 0.15) is 0 Å². The first-order valence-corrected chi connectivity index (χ1v) is 7.54. The van der Waals surface area contributed by atoms with Gasteiger partial charge in [-0.1, -0.05) is 37.3 Å². The number of amides is 3. The zero-order valence-electron chi connectivity index (χ0n) is 14.4. The van der Waals surface area contributed by atoms with E-state index in [1.165, 1.54) is 13.8 Å². The number of allylic oxidation sites excluding steroid dienone is 6. The molecule has 0 spiro atoms. The fourth-order valence-corrected chi connectivity index (χ4v) is 1.84. The molecule has 126 valence electrons. The Morgan fingerprint density at radius 3 is 2.09 bits per heavy atom. The van der Waals surface area contributed by atoms with Crippen molar-refractivity contribution in [3.63, 3.8) is 0 Å². The van der Waals surface area contributed by atoms with Crippen LogP contribution in [-0.4, -0.2) is 17.7 Å². The van der Waals surface area contributed by atoms with E-state index in [1.54, 1.807) is 13.0 Å². The van der Waals surface area contributed by atoms with Gasteiger partial charge in [0.05, 0.1) is 0 Å². The summed E-state index contributed by atoms with van der Waals surface area (Å²) in [7, 11) is 0. The lowest BCUT2D eigenvalue weighted by Gasteiger charge is -2.06. The summed E-state index contributed by atoms with van der Waals surface area (Å²) in [6.45, 7) is 10.4. The Bertz CT molecular complexity index is 555.